The number of benzene rings is 1. The van der Waals surface area contributed by atoms with Gasteiger partial charge in [-0.1, -0.05) is 40.0 Å². The van der Waals surface area contributed by atoms with Crippen LogP contribution >= 0.6 is 0 Å². The molecule has 0 spiro atoms. The van der Waals surface area contributed by atoms with Gasteiger partial charge in [0.05, 0.1) is 13.2 Å². The van der Waals surface area contributed by atoms with E-state index in [2.05, 4.69) is 20.8 Å². The highest BCUT2D eigenvalue weighted by molar-refractivity contribution is 5.45. The van der Waals surface area contributed by atoms with Crippen molar-refractivity contribution in [1.29, 1.82) is 0 Å². The second kappa shape index (κ2) is 6.92. The third-order valence-corrected chi connectivity index (χ3v) is 3.80. The van der Waals surface area contributed by atoms with Crippen LogP contribution in [0.5, 0.6) is 5.75 Å². The summed E-state index contributed by atoms with van der Waals surface area (Å²) < 4.78 is 0. The molecule has 0 amide bonds. The Bertz CT molecular complexity index is 385. The number of hydrogen-bond acceptors (Lipinski definition) is 3. The molecule has 0 saturated carbocycles. The molecule has 3 nitrogen and oxygen atoms in total. The first kappa shape index (κ1) is 16.0. The average Bonchev–Trinajstić information content (AvgIpc) is 2.39. The molecular formula is C16H26O3. The van der Waals surface area contributed by atoms with Crippen LogP contribution in [-0.2, 0) is 18.6 Å². The SMILES string of the molecule is CCCCCC(C)(C)c1cc(CO)c(O)c(CO)c1. The third kappa shape index (κ3) is 3.95. The van der Waals surface area contributed by atoms with Crippen LogP contribution in [0.2, 0.25) is 0 Å². The molecule has 0 radical (unpaired) electrons. The van der Waals surface area contributed by atoms with Gasteiger partial charge in [0.1, 0.15) is 5.75 Å². The van der Waals surface area contributed by atoms with Gasteiger partial charge in [-0.25, -0.2) is 0 Å². The van der Waals surface area contributed by atoms with Crippen LogP contribution < -0.4 is 0 Å². The van der Waals surface area contributed by atoms with Gasteiger partial charge in [0, 0.05) is 11.1 Å². The fraction of sp³-hybridized carbons (Fsp3) is 0.625. The molecule has 0 bridgehead atoms. The molecule has 0 aliphatic heterocycles. The van der Waals surface area contributed by atoms with Gasteiger partial charge in [-0.05, 0) is 29.5 Å². The summed E-state index contributed by atoms with van der Waals surface area (Å²) in [6.07, 6.45) is 4.62. The van der Waals surface area contributed by atoms with Crippen molar-refractivity contribution in [3.05, 3.63) is 28.8 Å². The molecule has 1 rings (SSSR count). The minimum Gasteiger partial charge on any atom is -0.507 e. The summed E-state index contributed by atoms with van der Waals surface area (Å²) in [5.41, 5.74) is 2.03. The molecule has 1 aromatic rings. The zero-order chi connectivity index (χ0) is 14.5. The maximum Gasteiger partial charge on any atom is 0.126 e. The summed E-state index contributed by atoms with van der Waals surface area (Å²) in [5, 5.41) is 28.5. The van der Waals surface area contributed by atoms with Crippen molar-refractivity contribution in [2.75, 3.05) is 0 Å². The Kier molecular flexibility index (Phi) is 5.83. The lowest BCUT2D eigenvalue weighted by atomic mass is 9.78. The number of aliphatic hydroxyl groups excluding tert-OH is 2. The van der Waals surface area contributed by atoms with Crippen molar-refractivity contribution in [3.63, 3.8) is 0 Å². The molecule has 0 fully saturated rings. The van der Waals surface area contributed by atoms with Gasteiger partial charge in [-0.15, -0.1) is 0 Å². The average molecular weight is 266 g/mol. The minimum atomic E-state index is -0.211. The molecule has 0 unspecified atom stereocenters. The predicted octanol–water partition coefficient (Wildman–Crippen LogP) is 3.23. The Morgan fingerprint density at radius 2 is 1.53 bits per heavy atom. The fourth-order valence-corrected chi connectivity index (χ4v) is 2.35. The van der Waals surface area contributed by atoms with Crippen molar-refractivity contribution in [2.24, 2.45) is 0 Å². The van der Waals surface area contributed by atoms with E-state index in [4.69, 9.17) is 0 Å². The third-order valence-electron chi connectivity index (χ3n) is 3.80. The molecule has 0 saturated heterocycles. The smallest absolute Gasteiger partial charge is 0.126 e. The van der Waals surface area contributed by atoms with Gasteiger partial charge in [-0.3, -0.25) is 0 Å². The number of phenols is 1. The Morgan fingerprint density at radius 3 is 1.95 bits per heavy atom. The van der Waals surface area contributed by atoms with E-state index in [1.54, 1.807) is 0 Å². The molecular weight excluding hydrogens is 240 g/mol. The van der Waals surface area contributed by atoms with Crippen molar-refractivity contribution in [1.82, 2.24) is 0 Å². The Balaban J connectivity index is 3.04. The van der Waals surface area contributed by atoms with Crippen molar-refractivity contribution in [3.8, 4) is 5.75 Å². The maximum absolute atomic E-state index is 9.87. The van der Waals surface area contributed by atoms with Crippen molar-refractivity contribution < 1.29 is 15.3 Å². The maximum atomic E-state index is 9.87. The summed E-state index contributed by atoms with van der Waals surface area (Å²) in [4.78, 5) is 0. The second-order valence-electron chi connectivity index (χ2n) is 5.80. The lowest BCUT2D eigenvalue weighted by Crippen LogP contribution is -2.18. The van der Waals surface area contributed by atoms with E-state index in [1.165, 1.54) is 12.8 Å². The summed E-state index contributed by atoms with van der Waals surface area (Å²) in [7, 11) is 0. The number of aromatic hydroxyl groups is 1. The van der Waals surface area contributed by atoms with Gasteiger partial charge in [0.25, 0.3) is 0 Å². The standard InChI is InChI=1S/C16H26O3/c1-4-5-6-7-16(2,3)14-8-12(10-17)15(19)13(9-14)11-18/h8-9,17-19H,4-7,10-11H2,1-3H3. The van der Waals surface area contributed by atoms with Crippen LogP contribution in [0.3, 0.4) is 0 Å². The minimum absolute atomic E-state index is 0.0121. The summed E-state index contributed by atoms with van der Waals surface area (Å²) >= 11 is 0. The molecule has 0 aliphatic carbocycles. The van der Waals surface area contributed by atoms with E-state index in [0.29, 0.717) is 11.1 Å². The van der Waals surface area contributed by atoms with Gasteiger partial charge in [0.2, 0.25) is 0 Å². The lowest BCUT2D eigenvalue weighted by molar-refractivity contribution is 0.263. The van der Waals surface area contributed by atoms with Crippen LogP contribution in [-0.4, -0.2) is 15.3 Å². The van der Waals surface area contributed by atoms with Crippen LogP contribution in [0.1, 0.15) is 63.1 Å². The molecule has 3 N–H and O–H groups in total. The summed E-state index contributed by atoms with van der Waals surface area (Å²) in [6.45, 7) is 6.09. The number of rotatable bonds is 7. The zero-order valence-electron chi connectivity index (χ0n) is 12.2. The van der Waals surface area contributed by atoms with Crippen LogP contribution in [0, 0.1) is 0 Å². The Morgan fingerprint density at radius 1 is 1.00 bits per heavy atom. The van der Waals surface area contributed by atoms with E-state index in [9.17, 15) is 15.3 Å². The Hall–Kier alpha value is -1.06. The molecule has 1 aromatic carbocycles. The molecule has 19 heavy (non-hydrogen) atoms. The van der Waals surface area contributed by atoms with E-state index in [1.807, 2.05) is 12.1 Å². The Labute approximate surface area is 115 Å². The molecule has 0 aliphatic rings. The zero-order valence-corrected chi connectivity index (χ0v) is 12.2. The monoisotopic (exact) mass is 266 g/mol. The number of aliphatic hydroxyl groups is 2. The van der Waals surface area contributed by atoms with Gasteiger partial charge < -0.3 is 15.3 Å². The normalized spacial score (nSPS) is 11.8. The van der Waals surface area contributed by atoms with Crippen LogP contribution in [0.25, 0.3) is 0 Å². The van der Waals surface area contributed by atoms with E-state index < -0.39 is 0 Å². The van der Waals surface area contributed by atoms with Gasteiger partial charge >= 0.3 is 0 Å². The van der Waals surface area contributed by atoms with Crippen LogP contribution in [0.15, 0.2) is 12.1 Å². The highest BCUT2D eigenvalue weighted by Gasteiger charge is 2.22. The molecule has 0 aromatic heterocycles. The predicted molar refractivity (Wildman–Crippen MR) is 77.1 cm³/mol. The van der Waals surface area contributed by atoms with Gasteiger partial charge in [0.15, 0.2) is 0 Å². The highest BCUT2D eigenvalue weighted by atomic mass is 16.3. The fourth-order valence-electron chi connectivity index (χ4n) is 2.35. The van der Waals surface area contributed by atoms with Crippen LogP contribution in [0.4, 0.5) is 0 Å². The van der Waals surface area contributed by atoms with E-state index in [-0.39, 0.29) is 24.4 Å². The number of hydrogen-bond donors (Lipinski definition) is 3. The molecule has 0 heterocycles. The van der Waals surface area contributed by atoms with E-state index in [0.717, 1.165) is 18.4 Å². The first-order valence-corrected chi connectivity index (χ1v) is 7.03. The highest BCUT2D eigenvalue weighted by Crippen LogP contribution is 2.34. The first-order valence-electron chi connectivity index (χ1n) is 7.03. The second-order valence-corrected chi connectivity index (χ2v) is 5.80. The topological polar surface area (TPSA) is 60.7 Å². The quantitative estimate of drug-likeness (QED) is 0.664. The van der Waals surface area contributed by atoms with Crippen molar-refractivity contribution >= 4 is 0 Å². The lowest BCUT2D eigenvalue weighted by Gasteiger charge is -2.27. The summed E-state index contributed by atoms with van der Waals surface area (Å²) in [5.74, 6) is 0.0121. The molecule has 108 valence electrons. The first-order chi connectivity index (χ1) is 8.96. The van der Waals surface area contributed by atoms with Crippen molar-refractivity contribution in [2.45, 2.75) is 65.1 Å². The number of unbranched alkanes of at least 4 members (excludes halogenated alkanes) is 2. The van der Waals surface area contributed by atoms with Gasteiger partial charge in [-0.2, -0.15) is 0 Å². The largest absolute Gasteiger partial charge is 0.507 e. The molecule has 0 atom stereocenters. The van der Waals surface area contributed by atoms with E-state index >= 15 is 0 Å². The molecule has 3 heteroatoms. The summed E-state index contributed by atoms with van der Waals surface area (Å²) in [6, 6.07) is 3.70.